The molecule has 0 aromatic carbocycles. The van der Waals surface area contributed by atoms with Crippen molar-refractivity contribution >= 4 is 11.9 Å². The van der Waals surface area contributed by atoms with Gasteiger partial charge in [-0.3, -0.25) is 4.79 Å². The monoisotopic (exact) mass is 228 g/mol. The minimum Gasteiger partial charge on any atom is -0.478 e. The molecule has 5 nitrogen and oxygen atoms in total. The fraction of sp³-hybridized carbons (Fsp3) is 0.455. The first-order chi connectivity index (χ1) is 7.47. The van der Waals surface area contributed by atoms with Crippen molar-refractivity contribution < 1.29 is 24.2 Å². The lowest BCUT2D eigenvalue weighted by atomic mass is 10.1. The van der Waals surface area contributed by atoms with E-state index in [1.807, 2.05) is 0 Å². The SMILES string of the molecule is C=C(CCC1CO1)C(=O)O.C=COC(C)=O. The summed E-state index contributed by atoms with van der Waals surface area (Å²) in [6.45, 7) is 8.66. The Hall–Kier alpha value is -1.62. The van der Waals surface area contributed by atoms with Gasteiger partial charge in [-0.25, -0.2) is 4.79 Å². The van der Waals surface area contributed by atoms with Gasteiger partial charge in [-0.15, -0.1) is 0 Å². The number of ether oxygens (including phenoxy) is 2. The zero-order valence-electron chi connectivity index (χ0n) is 9.27. The van der Waals surface area contributed by atoms with Crippen LogP contribution in [0.2, 0.25) is 0 Å². The molecule has 0 aromatic heterocycles. The van der Waals surface area contributed by atoms with E-state index in [2.05, 4.69) is 17.9 Å². The summed E-state index contributed by atoms with van der Waals surface area (Å²) < 4.78 is 9.07. The molecule has 0 amide bonds. The van der Waals surface area contributed by atoms with Crippen LogP contribution < -0.4 is 0 Å². The zero-order valence-corrected chi connectivity index (χ0v) is 9.27. The molecule has 0 saturated carbocycles. The van der Waals surface area contributed by atoms with Crippen LogP contribution in [0.15, 0.2) is 25.0 Å². The summed E-state index contributed by atoms with van der Waals surface area (Å²) in [5.74, 6) is -1.23. The van der Waals surface area contributed by atoms with E-state index in [9.17, 15) is 9.59 Å². The van der Waals surface area contributed by atoms with E-state index < -0.39 is 5.97 Å². The lowest BCUT2D eigenvalue weighted by Gasteiger charge is -1.95. The van der Waals surface area contributed by atoms with Gasteiger partial charge in [-0.05, 0) is 12.8 Å². The Morgan fingerprint density at radius 1 is 1.62 bits per heavy atom. The highest BCUT2D eigenvalue weighted by molar-refractivity contribution is 5.85. The molecule has 1 N–H and O–H groups in total. The number of rotatable bonds is 5. The van der Waals surface area contributed by atoms with Gasteiger partial charge >= 0.3 is 11.9 Å². The molecule has 0 aromatic rings. The maximum absolute atomic E-state index is 10.2. The molecule has 1 aliphatic rings. The molecule has 0 bridgehead atoms. The van der Waals surface area contributed by atoms with Gasteiger partial charge < -0.3 is 14.6 Å². The molecule has 0 radical (unpaired) electrons. The second-order valence-corrected chi connectivity index (χ2v) is 3.18. The van der Waals surface area contributed by atoms with Crippen molar-refractivity contribution in [2.24, 2.45) is 0 Å². The van der Waals surface area contributed by atoms with Crippen LogP contribution in [0.3, 0.4) is 0 Å². The van der Waals surface area contributed by atoms with Gasteiger partial charge in [0, 0.05) is 12.5 Å². The van der Waals surface area contributed by atoms with Gasteiger partial charge in [-0.2, -0.15) is 0 Å². The highest BCUT2D eigenvalue weighted by Crippen LogP contribution is 2.17. The van der Waals surface area contributed by atoms with E-state index in [1.165, 1.54) is 6.92 Å². The second kappa shape index (κ2) is 7.64. The molecule has 0 spiro atoms. The molecule has 1 aliphatic heterocycles. The Balaban J connectivity index is 0.000000325. The smallest absolute Gasteiger partial charge is 0.330 e. The number of carboxylic acids is 1. The van der Waals surface area contributed by atoms with E-state index in [-0.39, 0.29) is 11.5 Å². The van der Waals surface area contributed by atoms with E-state index in [1.54, 1.807) is 0 Å². The molecule has 1 rings (SSSR count). The van der Waals surface area contributed by atoms with Gasteiger partial charge in [0.2, 0.25) is 0 Å². The molecule has 1 atom stereocenters. The topological polar surface area (TPSA) is 76.1 Å². The average Bonchev–Trinajstić information content (AvgIpc) is 2.98. The number of esters is 1. The molecule has 1 saturated heterocycles. The molecule has 1 fully saturated rings. The predicted octanol–water partition coefficient (Wildman–Crippen LogP) is 1.50. The number of carboxylic acid groups (broad SMARTS) is 1. The summed E-state index contributed by atoms with van der Waals surface area (Å²) in [6, 6.07) is 0. The molecule has 90 valence electrons. The Morgan fingerprint density at radius 2 is 2.19 bits per heavy atom. The van der Waals surface area contributed by atoms with Gasteiger partial charge in [0.05, 0.1) is 19.0 Å². The van der Waals surface area contributed by atoms with Crippen molar-refractivity contribution in [3.05, 3.63) is 25.0 Å². The zero-order chi connectivity index (χ0) is 12.6. The van der Waals surface area contributed by atoms with Crippen molar-refractivity contribution in [2.75, 3.05) is 6.61 Å². The Bertz CT molecular complexity index is 278. The van der Waals surface area contributed by atoms with Crippen LogP contribution in [0, 0.1) is 0 Å². The molecular weight excluding hydrogens is 212 g/mol. The summed E-state index contributed by atoms with van der Waals surface area (Å²) in [7, 11) is 0. The molecule has 16 heavy (non-hydrogen) atoms. The van der Waals surface area contributed by atoms with Gasteiger partial charge in [0.1, 0.15) is 0 Å². The number of aliphatic carboxylic acids is 1. The summed E-state index contributed by atoms with van der Waals surface area (Å²) in [6.07, 6.45) is 2.74. The Labute approximate surface area is 94.4 Å². The average molecular weight is 228 g/mol. The van der Waals surface area contributed by atoms with Crippen molar-refractivity contribution in [3.63, 3.8) is 0 Å². The highest BCUT2D eigenvalue weighted by atomic mass is 16.6. The standard InChI is InChI=1S/C7H10O3.C4H6O2/c1-5(7(8)9)2-3-6-4-10-6;1-3-6-4(2)5/h6H,1-4H2,(H,8,9);3H,1H2,2H3. The first kappa shape index (κ1) is 14.4. The van der Waals surface area contributed by atoms with Gasteiger partial charge in [0.15, 0.2) is 0 Å². The largest absolute Gasteiger partial charge is 0.478 e. The minimum absolute atomic E-state index is 0.274. The van der Waals surface area contributed by atoms with E-state index in [0.29, 0.717) is 12.5 Å². The van der Waals surface area contributed by atoms with Crippen molar-refractivity contribution in [1.29, 1.82) is 0 Å². The Morgan fingerprint density at radius 3 is 2.44 bits per heavy atom. The van der Waals surface area contributed by atoms with Crippen molar-refractivity contribution in [2.45, 2.75) is 25.9 Å². The maximum Gasteiger partial charge on any atom is 0.330 e. The lowest BCUT2D eigenvalue weighted by Crippen LogP contribution is -1.99. The number of carbonyl (C=O) groups is 2. The van der Waals surface area contributed by atoms with E-state index in [4.69, 9.17) is 9.84 Å². The third-order valence-electron chi connectivity index (χ3n) is 1.72. The summed E-state index contributed by atoms with van der Waals surface area (Å²) >= 11 is 0. The number of hydrogen-bond acceptors (Lipinski definition) is 4. The first-order valence-corrected chi connectivity index (χ1v) is 4.78. The number of carbonyl (C=O) groups excluding carboxylic acids is 1. The van der Waals surface area contributed by atoms with Crippen molar-refractivity contribution in [1.82, 2.24) is 0 Å². The van der Waals surface area contributed by atoms with Crippen LogP contribution in [-0.2, 0) is 19.1 Å². The first-order valence-electron chi connectivity index (χ1n) is 4.78. The third kappa shape index (κ3) is 8.96. The van der Waals surface area contributed by atoms with Crippen LogP contribution in [0.25, 0.3) is 0 Å². The summed E-state index contributed by atoms with van der Waals surface area (Å²) in [4.78, 5) is 19.9. The van der Waals surface area contributed by atoms with E-state index in [0.717, 1.165) is 19.3 Å². The minimum atomic E-state index is -0.902. The highest BCUT2D eigenvalue weighted by Gasteiger charge is 2.22. The van der Waals surface area contributed by atoms with Crippen LogP contribution in [0.5, 0.6) is 0 Å². The quantitative estimate of drug-likeness (QED) is 0.334. The molecular formula is C11H16O5. The van der Waals surface area contributed by atoms with Crippen LogP contribution >= 0.6 is 0 Å². The van der Waals surface area contributed by atoms with E-state index >= 15 is 0 Å². The fourth-order valence-electron chi connectivity index (χ4n) is 0.794. The molecule has 5 heteroatoms. The van der Waals surface area contributed by atoms with Crippen LogP contribution in [0.4, 0.5) is 0 Å². The van der Waals surface area contributed by atoms with Crippen LogP contribution in [-0.4, -0.2) is 29.8 Å². The third-order valence-corrected chi connectivity index (χ3v) is 1.72. The predicted molar refractivity (Wildman–Crippen MR) is 57.7 cm³/mol. The molecule has 1 unspecified atom stereocenters. The van der Waals surface area contributed by atoms with Crippen molar-refractivity contribution in [3.8, 4) is 0 Å². The van der Waals surface area contributed by atoms with Gasteiger partial charge in [-0.1, -0.05) is 13.2 Å². The lowest BCUT2D eigenvalue weighted by molar-refractivity contribution is -0.135. The van der Waals surface area contributed by atoms with Crippen LogP contribution in [0.1, 0.15) is 19.8 Å². The number of epoxide rings is 1. The second-order valence-electron chi connectivity index (χ2n) is 3.18. The molecule has 0 aliphatic carbocycles. The Kier molecular flexibility index (Phi) is 6.87. The summed E-state index contributed by atoms with van der Waals surface area (Å²) in [5.41, 5.74) is 0.274. The fourth-order valence-corrected chi connectivity index (χ4v) is 0.794. The summed E-state index contributed by atoms with van der Waals surface area (Å²) in [5, 5.41) is 8.37. The number of hydrogen-bond donors (Lipinski definition) is 1. The maximum atomic E-state index is 10.2. The van der Waals surface area contributed by atoms with Gasteiger partial charge in [0.25, 0.3) is 0 Å². The normalized spacial score (nSPS) is 16.4. The molecule has 1 heterocycles.